The predicted molar refractivity (Wildman–Crippen MR) is 112 cm³/mol. The number of aryl methyl sites for hydroxylation is 1. The summed E-state index contributed by atoms with van der Waals surface area (Å²) in [6.07, 6.45) is 2.24. The summed E-state index contributed by atoms with van der Waals surface area (Å²) in [5.74, 6) is 0.806. The van der Waals surface area contributed by atoms with Crippen LogP contribution in [0.2, 0.25) is 0 Å². The minimum atomic E-state index is -0.294. The van der Waals surface area contributed by atoms with Crippen LogP contribution in [0.1, 0.15) is 51.2 Å². The second kappa shape index (κ2) is 9.16. The average Bonchev–Trinajstić information content (AvgIpc) is 3.10. The summed E-state index contributed by atoms with van der Waals surface area (Å²) in [4.78, 5) is 29.0. The van der Waals surface area contributed by atoms with E-state index in [0.29, 0.717) is 32.8 Å². The van der Waals surface area contributed by atoms with Crippen molar-refractivity contribution in [1.29, 1.82) is 0 Å². The summed E-state index contributed by atoms with van der Waals surface area (Å²) >= 11 is 0. The molecule has 0 aromatic heterocycles. The normalized spacial score (nSPS) is 20.5. The topological polar surface area (TPSA) is 59.1 Å². The zero-order chi connectivity index (χ0) is 21.0. The first kappa shape index (κ1) is 21.6. The highest BCUT2D eigenvalue weighted by atomic mass is 16.5. The van der Waals surface area contributed by atoms with Gasteiger partial charge in [0.05, 0.1) is 0 Å². The zero-order valence-corrected chi connectivity index (χ0v) is 18.2. The summed E-state index contributed by atoms with van der Waals surface area (Å²) in [6.45, 7) is 11.6. The lowest BCUT2D eigenvalue weighted by Crippen LogP contribution is -2.42. The van der Waals surface area contributed by atoms with Crippen molar-refractivity contribution < 1.29 is 19.1 Å². The first-order valence-electron chi connectivity index (χ1n) is 10.7. The molecule has 2 amide bonds. The number of carbonyl (C=O) groups excluding carboxylic acids is 2. The lowest BCUT2D eigenvalue weighted by molar-refractivity contribution is -0.141. The van der Waals surface area contributed by atoms with Gasteiger partial charge in [-0.2, -0.15) is 0 Å². The highest BCUT2D eigenvalue weighted by Crippen LogP contribution is 2.32. The quantitative estimate of drug-likeness (QED) is 0.777. The van der Waals surface area contributed by atoms with Gasteiger partial charge in [-0.15, -0.1) is 0 Å². The molecule has 2 heterocycles. The van der Waals surface area contributed by atoms with Crippen LogP contribution in [-0.4, -0.2) is 67.1 Å². The van der Waals surface area contributed by atoms with E-state index in [9.17, 15) is 9.59 Å². The summed E-state index contributed by atoms with van der Waals surface area (Å²) in [6, 6.07) is 6.09. The highest BCUT2D eigenvalue weighted by molar-refractivity contribution is 5.81. The second-order valence-electron chi connectivity index (χ2n) is 9.10. The number of amides is 2. The molecule has 0 aliphatic carbocycles. The molecule has 160 valence electrons. The van der Waals surface area contributed by atoms with E-state index in [-0.39, 0.29) is 29.9 Å². The van der Waals surface area contributed by atoms with Crippen molar-refractivity contribution >= 4 is 11.8 Å². The Morgan fingerprint density at radius 2 is 1.83 bits per heavy atom. The van der Waals surface area contributed by atoms with Crippen LogP contribution in [0.5, 0.6) is 5.75 Å². The van der Waals surface area contributed by atoms with Crippen LogP contribution in [0.4, 0.5) is 0 Å². The van der Waals surface area contributed by atoms with Gasteiger partial charge in [-0.1, -0.05) is 38.5 Å². The third-order valence-electron chi connectivity index (χ3n) is 5.66. The summed E-state index contributed by atoms with van der Waals surface area (Å²) in [5.41, 5.74) is 2.22. The monoisotopic (exact) mass is 402 g/mol. The van der Waals surface area contributed by atoms with Gasteiger partial charge in [-0.05, 0) is 43.2 Å². The number of carbonyl (C=O) groups is 2. The van der Waals surface area contributed by atoms with Crippen molar-refractivity contribution in [1.82, 2.24) is 9.80 Å². The first-order valence-corrected chi connectivity index (χ1v) is 10.7. The van der Waals surface area contributed by atoms with Crippen LogP contribution >= 0.6 is 0 Å². The van der Waals surface area contributed by atoms with Crippen molar-refractivity contribution in [2.45, 2.75) is 58.5 Å². The molecule has 0 bridgehead atoms. The van der Waals surface area contributed by atoms with Gasteiger partial charge in [-0.25, -0.2) is 0 Å². The Bertz CT molecular complexity index is 735. The molecule has 0 spiro atoms. The maximum Gasteiger partial charge on any atom is 0.260 e. The lowest BCUT2D eigenvalue weighted by Gasteiger charge is -2.25. The zero-order valence-electron chi connectivity index (χ0n) is 18.2. The molecule has 2 aliphatic rings. The molecule has 3 rings (SSSR count). The largest absolute Gasteiger partial charge is 0.483 e. The Morgan fingerprint density at radius 1 is 1.10 bits per heavy atom. The average molecular weight is 403 g/mol. The molecular weight excluding hydrogens is 368 g/mol. The van der Waals surface area contributed by atoms with Crippen LogP contribution in [0, 0.1) is 6.92 Å². The van der Waals surface area contributed by atoms with Crippen molar-refractivity contribution in [2.75, 3.05) is 39.4 Å². The van der Waals surface area contributed by atoms with E-state index in [4.69, 9.17) is 9.47 Å². The maximum absolute atomic E-state index is 12.8. The molecule has 0 radical (unpaired) electrons. The van der Waals surface area contributed by atoms with Crippen molar-refractivity contribution in [3.05, 3.63) is 29.3 Å². The molecule has 6 heteroatoms. The first-order chi connectivity index (χ1) is 13.8. The molecule has 6 nitrogen and oxygen atoms in total. The number of nitrogens with zero attached hydrogens (tertiary/aromatic N) is 2. The van der Waals surface area contributed by atoms with E-state index < -0.39 is 0 Å². The van der Waals surface area contributed by atoms with Crippen LogP contribution < -0.4 is 4.74 Å². The van der Waals surface area contributed by atoms with Crippen LogP contribution in [-0.2, 0) is 19.7 Å². The smallest absolute Gasteiger partial charge is 0.260 e. The summed E-state index contributed by atoms with van der Waals surface area (Å²) < 4.78 is 11.5. The number of benzene rings is 1. The van der Waals surface area contributed by atoms with Gasteiger partial charge in [0.25, 0.3) is 11.8 Å². The van der Waals surface area contributed by atoms with Gasteiger partial charge in [-0.3, -0.25) is 9.59 Å². The molecule has 0 N–H and O–H groups in total. The van der Waals surface area contributed by atoms with E-state index in [2.05, 4.69) is 33.8 Å². The minimum absolute atomic E-state index is 0.0197. The highest BCUT2D eigenvalue weighted by Gasteiger charge is 2.30. The van der Waals surface area contributed by atoms with Crippen molar-refractivity contribution in [2.24, 2.45) is 0 Å². The number of ether oxygens (including phenoxy) is 2. The Balaban J connectivity index is 1.56. The van der Waals surface area contributed by atoms with Crippen molar-refractivity contribution in [3.8, 4) is 5.75 Å². The van der Waals surface area contributed by atoms with Crippen LogP contribution in [0.25, 0.3) is 0 Å². The van der Waals surface area contributed by atoms with Gasteiger partial charge in [0.15, 0.2) is 6.61 Å². The maximum atomic E-state index is 12.8. The molecule has 1 atom stereocenters. The summed E-state index contributed by atoms with van der Waals surface area (Å²) in [5, 5.41) is 0. The van der Waals surface area contributed by atoms with Gasteiger partial charge in [0.2, 0.25) is 0 Å². The van der Waals surface area contributed by atoms with Crippen LogP contribution in [0.15, 0.2) is 18.2 Å². The van der Waals surface area contributed by atoms with E-state index in [1.54, 1.807) is 0 Å². The number of rotatable bonds is 4. The van der Waals surface area contributed by atoms with E-state index in [1.807, 2.05) is 21.9 Å². The Morgan fingerprint density at radius 3 is 2.52 bits per heavy atom. The molecule has 1 aromatic rings. The van der Waals surface area contributed by atoms with Gasteiger partial charge >= 0.3 is 0 Å². The van der Waals surface area contributed by atoms with E-state index >= 15 is 0 Å². The Hall–Kier alpha value is -2.08. The molecule has 2 fully saturated rings. The molecule has 0 saturated carbocycles. The Kier molecular flexibility index (Phi) is 6.83. The van der Waals surface area contributed by atoms with Crippen molar-refractivity contribution in [3.63, 3.8) is 0 Å². The molecule has 2 aliphatic heterocycles. The lowest BCUT2D eigenvalue weighted by atomic mass is 9.85. The standard InChI is InChI=1S/C23H34N2O4/c1-17-8-9-19(18(15-17)23(2,3)4)29-16-21(26)24-10-6-11-25(13-12-24)22(27)20-7-5-14-28-20/h8-9,15,20H,5-7,10-14,16H2,1-4H3. The number of hydrogen-bond acceptors (Lipinski definition) is 4. The number of hydrogen-bond donors (Lipinski definition) is 0. The predicted octanol–water partition coefficient (Wildman–Crippen LogP) is 2.91. The molecule has 1 aromatic carbocycles. The minimum Gasteiger partial charge on any atom is -0.483 e. The third kappa shape index (κ3) is 5.50. The fraction of sp³-hybridized carbons (Fsp3) is 0.652. The SMILES string of the molecule is Cc1ccc(OCC(=O)N2CCCN(C(=O)C3CCCO3)CC2)c(C(C)(C)C)c1. The second-order valence-corrected chi connectivity index (χ2v) is 9.10. The summed E-state index contributed by atoms with van der Waals surface area (Å²) in [7, 11) is 0. The molecule has 1 unspecified atom stereocenters. The van der Waals surface area contributed by atoms with Crippen LogP contribution in [0.3, 0.4) is 0 Å². The van der Waals surface area contributed by atoms with Gasteiger partial charge in [0, 0.05) is 32.8 Å². The molecule has 29 heavy (non-hydrogen) atoms. The Labute approximate surface area is 174 Å². The van der Waals surface area contributed by atoms with E-state index in [0.717, 1.165) is 30.6 Å². The van der Waals surface area contributed by atoms with Gasteiger partial charge < -0.3 is 19.3 Å². The molecule has 2 saturated heterocycles. The fourth-order valence-electron chi connectivity index (χ4n) is 3.95. The molecular formula is C23H34N2O4. The fourth-order valence-corrected chi connectivity index (χ4v) is 3.95. The van der Waals surface area contributed by atoms with E-state index in [1.165, 1.54) is 5.56 Å². The third-order valence-corrected chi connectivity index (χ3v) is 5.66. The van der Waals surface area contributed by atoms with Gasteiger partial charge in [0.1, 0.15) is 11.9 Å².